The minimum atomic E-state index is -1.56. The molecule has 1 aliphatic heterocycles. The second kappa shape index (κ2) is 15.4. The predicted octanol–water partition coefficient (Wildman–Crippen LogP) is 5.27. The predicted molar refractivity (Wildman–Crippen MR) is 112 cm³/mol. The summed E-state index contributed by atoms with van der Waals surface area (Å²) in [5, 5.41) is 20.1. The molecule has 0 saturated carbocycles. The molecule has 0 spiro atoms. The third-order valence-electron chi connectivity index (χ3n) is 5.40. The van der Waals surface area contributed by atoms with Gasteiger partial charge in [0.25, 0.3) is 0 Å². The van der Waals surface area contributed by atoms with Crippen molar-refractivity contribution in [1.29, 1.82) is 0 Å². The van der Waals surface area contributed by atoms with Crippen molar-refractivity contribution in [3.63, 3.8) is 0 Å². The molecule has 1 rings (SSSR count). The van der Waals surface area contributed by atoms with Crippen molar-refractivity contribution < 1.29 is 10.2 Å². The first-order valence-corrected chi connectivity index (χ1v) is 11.3. The molecule has 1 aliphatic rings. The summed E-state index contributed by atoms with van der Waals surface area (Å²) in [6, 6.07) is 0. The van der Waals surface area contributed by atoms with Crippen LogP contribution in [0.3, 0.4) is 0 Å². The molecule has 0 aliphatic carbocycles. The van der Waals surface area contributed by atoms with Crippen molar-refractivity contribution in [2.24, 2.45) is 4.99 Å². The van der Waals surface area contributed by atoms with Gasteiger partial charge in [-0.05, 0) is 6.42 Å². The lowest BCUT2D eigenvalue weighted by Crippen LogP contribution is -2.41. The Bertz CT molecular complexity index is 345. The molecule has 0 aromatic heterocycles. The molecule has 4 heteroatoms. The van der Waals surface area contributed by atoms with E-state index in [0.717, 1.165) is 25.9 Å². The first kappa shape index (κ1) is 23.4. The fraction of sp³-hybridized carbons (Fsp3) is 0.955. The highest BCUT2D eigenvalue weighted by Crippen LogP contribution is 2.17. The van der Waals surface area contributed by atoms with Crippen LogP contribution in [0, 0.1) is 0 Å². The average molecular weight is 369 g/mol. The Kier molecular flexibility index (Phi) is 13.9. The van der Waals surface area contributed by atoms with Gasteiger partial charge in [0.05, 0.1) is 19.4 Å². The maximum Gasteiger partial charge on any atom is 0.180 e. The third-order valence-corrected chi connectivity index (χ3v) is 5.40. The number of nitrogens with zero attached hydrogens (tertiary/aromatic N) is 2. The zero-order valence-corrected chi connectivity index (χ0v) is 17.3. The highest BCUT2D eigenvalue weighted by Gasteiger charge is 2.25. The number of β-amino-alcohol motifs (C(OH)–C–C–N with tert-alkyl or cyclic N) is 2. The fourth-order valence-corrected chi connectivity index (χ4v) is 3.72. The molecule has 0 radical (unpaired) electrons. The molecule has 0 unspecified atom stereocenters. The van der Waals surface area contributed by atoms with E-state index in [2.05, 4.69) is 11.9 Å². The molecule has 0 bridgehead atoms. The van der Waals surface area contributed by atoms with E-state index in [1.54, 1.807) is 6.34 Å². The highest BCUT2D eigenvalue weighted by molar-refractivity contribution is 5.57. The number of aliphatic imine (C=N–C) groups is 1. The Balaban J connectivity index is 1.78. The molecule has 26 heavy (non-hydrogen) atoms. The Morgan fingerprint density at radius 2 is 1.23 bits per heavy atom. The molecule has 1 heterocycles. The van der Waals surface area contributed by atoms with Gasteiger partial charge in [0, 0.05) is 13.0 Å². The number of aliphatic hydroxyl groups is 2. The summed E-state index contributed by atoms with van der Waals surface area (Å²) < 4.78 is 0. The van der Waals surface area contributed by atoms with Crippen molar-refractivity contribution in [1.82, 2.24) is 4.90 Å². The first-order chi connectivity index (χ1) is 12.6. The summed E-state index contributed by atoms with van der Waals surface area (Å²) >= 11 is 0. The van der Waals surface area contributed by atoms with Crippen molar-refractivity contribution in [3.8, 4) is 0 Å². The maximum atomic E-state index is 10.0. The van der Waals surface area contributed by atoms with Gasteiger partial charge in [-0.25, -0.2) is 0 Å². The van der Waals surface area contributed by atoms with Crippen molar-refractivity contribution in [2.75, 3.05) is 19.6 Å². The monoisotopic (exact) mass is 368 g/mol. The van der Waals surface area contributed by atoms with Gasteiger partial charge >= 0.3 is 0 Å². The third kappa shape index (κ3) is 13.6. The van der Waals surface area contributed by atoms with E-state index in [1.165, 1.54) is 83.5 Å². The second-order valence-electron chi connectivity index (χ2n) is 8.17. The number of hydrogen-bond acceptors (Lipinski definition) is 4. The van der Waals surface area contributed by atoms with Gasteiger partial charge in [-0.1, -0.05) is 96.8 Å². The Morgan fingerprint density at radius 3 is 1.65 bits per heavy atom. The fourth-order valence-electron chi connectivity index (χ4n) is 3.72. The average Bonchev–Trinajstić information content (AvgIpc) is 3.10. The van der Waals surface area contributed by atoms with E-state index < -0.39 is 5.79 Å². The van der Waals surface area contributed by atoms with Crippen LogP contribution in [0.5, 0.6) is 0 Å². The molecule has 0 aromatic carbocycles. The second-order valence-corrected chi connectivity index (χ2v) is 8.17. The van der Waals surface area contributed by atoms with Gasteiger partial charge in [0.1, 0.15) is 0 Å². The van der Waals surface area contributed by atoms with Crippen LogP contribution in [0.4, 0.5) is 0 Å². The van der Waals surface area contributed by atoms with Gasteiger partial charge in [0.15, 0.2) is 5.79 Å². The smallest absolute Gasteiger partial charge is 0.180 e. The van der Waals surface area contributed by atoms with Gasteiger partial charge in [-0.15, -0.1) is 0 Å². The topological polar surface area (TPSA) is 56.1 Å². The van der Waals surface area contributed by atoms with Crippen LogP contribution in [0.1, 0.15) is 110 Å². The molecule has 154 valence electrons. The lowest BCUT2D eigenvalue weighted by Gasteiger charge is -2.26. The molecule has 0 saturated heterocycles. The van der Waals surface area contributed by atoms with E-state index in [1.807, 2.05) is 4.90 Å². The quantitative estimate of drug-likeness (QED) is 0.256. The maximum absolute atomic E-state index is 10.0. The molecule has 0 atom stereocenters. The standard InChI is InChI=1S/C22H44N2O2/c1-2-3-4-5-6-7-8-9-10-11-12-13-14-15-16-17-22(25,26)20-24-19-18-23-21-24/h21,25-26H,2-20H2,1H3. The van der Waals surface area contributed by atoms with E-state index in [4.69, 9.17) is 0 Å². The zero-order chi connectivity index (χ0) is 18.9. The summed E-state index contributed by atoms with van der Waals surface area (Å²) in [5.41, 5.74) is 0. The van der Waals surface area contributed by atoms with Crippen molar-refractivity contribution in [2.45, 2.75) is 115 Å². The minimum absolute atomic E-state index is 0.287. The van der Waals surface area contributed by atoms with E-state index >= 15 is 0 Å². The SMILES string of the molecule is CCCCCCCCCCCCCCCCCC(O)(O)CN1C=NCC1. The van der Waals surface area contributed by atoms with Gasteiger partial charge in [-0.3, -0.25) is 4.99 Å². The molecule has 4 nitrogen and oxygen atoms in total. The molecule has 0 fully saturated rings. The molecular weight excluding hydrogens is 324 g/mol. The summed E-state index contributed by atoms with van der Waals surface area (Å²) in [7, 11) is 0. The van der Waals surface area contributed by atoms with Crippen LogP contribution >= 0.6 is 0 Å². The number of unbranched alkanes of at least 4 members (excludes halogenated alkanes) is 14. The Hall–Kier alpha value is -0.610. The summed E-state index contributed by atoms with van der Waals surface area (Å²) in [6.07, 6.45) is 22.1. The largest absolute Gasteiger partial charge is 0.364 e. The van der Waals surface area contributed by atoms with Crippen LogP contribution in [0.15, 0.2) is 4.99 Å². The van der Waals surface area contributed by atoms with Crippen molar-refractivity contribution in [3.05, 3.63) is 0 Å². The van der Waals surface area contributed by atoms with Gasteiger partial charge in [0.2, 0.25) is 0 Å². The minimum Gasteiger partial charge on any atom is -0.364 e. The zero-order valence-electron chi connectivity index (χ0n) is 17.3. The Labute approximate surface area is 162 Å². The van der Waals surface area contributed by atoms with Crippen LogP contribution in [0.25, 0.3) is 0 Å². The van der Waals surface area contributed by atoms with E-state index in [0.29, 0.717) is 6.42 Å². The van der Waals surface area contributed by atoms with Gasteiger partial charge < -0.3 is 15.1 Å². The lowest BCUT2D eigenvalue weighted by atomic mass is 10.0. The van der Waals surface area contributed by atoms with Crippen molar-refractivity contribution >= 4 is 6.34 Å². The van der Waals surface area contributed by atoms with Crippen LogP contribution in [0.2, 0.25) is 0 Å². The lowest BCUT2D eigenvalue weighted by molar-refractivity contribution is -0.172. The van der Waals surface area contributed by atoms with Crippen LogP contribution in [-0.2, 0) is 0 Å². The number of rotatable bonds is 18. The van der Waals surface area contributed by atoms with Crippen LogP contribution in [-0.4, -0.2) is 46.9 Å². The van der Waals surface area contributed by atoms with E-state index in [9.17, 15) is 10.2 Å². The summed E-state index contributed by atoms with van der Waals surface area (Å²) in [5.74, 6) is -1.56. The number of hydrogen-bond donors (Lipinski definition) is 2. The summed E-state index contributed by atoms with van der Waals surface area (Å²) in [4.78, 5) is 6.00. The molecular formula is C22H44N2O2. The molecule has 0 amide bonds. The molecule has 0 aromatic rings. The van der Waals surface area contributed by atoms with Crippen LogP contribution < -0.4 is 0 Å². The first-order valence-electron chi connectivity index (χ1n) is 11.3. The van der Waals surface area contributed by atoms with Gasteiger partial charge in [-0.2, -0.15) is 0 Å². The molecule has 2 N–H and O–H groups in total. The van der Waals surface area contributed by atoms with E-state index in [-0.39, 0.29) is 6.54 Å². The highest BCUT2D eigenvalue weighted by atomic mass is 16.5. The normalized spacial score (nSPS) is 14.5. The Morgan fingerprint density at radius 1 is 0.769 bits per heavy atom. The summed E-state index contributed by atoms with van der Waals surface area (Å²) in [6.45, 7) is 4.14.